The Kier molecular flexibility index (Phi) is 6.38. The number of hydrogen-bond donors (Lipinski definition) is 5. The number of fused-ring (bicyclic) bond motifs is 1. The highest BCUT2D eigenvalue weighted by molar-refractivity contribution is 6.01. The highest BCUT2D eigenvalue weighted by atomic mass is 16.2. The molecule has 0 saturated carbocycles. The van der Waals surface area contributed by atoms with Crippen LogP contribution in [-0.2, 0) is 11.2 Å². The molecule has 5 N–H and O–H groups in total. The van der Waals surface area contributed by atoms with Gasteiger partial charge in [-0.15, -0.1) is 0 Å². The Morgan fingerprint density at radius 2 is 2.00 bits per heavy atom. The molecule has 4 rings (SSSR count). The Balaban J connectivity index is 1.20. The number of rotatable bonds is 8. The van der Waals surface area contributed by atoms with Crippen molar-refractivity contribution in [3.8, 4) is 0 Å². The van der Waals surface area contributed by atoms with Gasteiger partial charge in [-0.1, -0.05) is 0 Å². The second-order valence-corrected chi connectivity index (χ2v) is 7.62. The van der Waals surface area contributed by atoms with Crippen LogP contribution in [0.3, 0.4) is 0 Å². The lowest BCUT2D eigenvalue weighted by atomic mass is 9.98. The molecule has 9 heteroatoms. The van der Waals surface area contributed by atoms with E-state index in [9.17, 15) is 9.59 Å². The van der Waals surface area contributed by atoms with Crippen molar-refractivity contribution in [3.63, 3.8) is 0 Å². The van der Waals surface area contributed by atoms with Crippen LogP contribution in [0.2, 0.25) is 0 Å². The quantitative estimate of drug-likeness (QED) is 0.416. The van der Waals surface area contributed by atoms with E-state index in [0.717, 1.165) is 30.9 Å². The lowest BCUT2D eigenvalue weighted by Gasteiger charge is -2.22. The summed E-state index contributed by atoms with van der Waals surface area (Å²) in [6.07, 6.45) is 4.38. The number of amides is 2. The van der Waals surface area contributed by atoms with Crippen molar-refractivity contribution < 1.29 is 9.59 Å². The Morgan fingerprint density at radius 3 is 2.87 bits per heavy atom. The van der Waals surface area contributed by atoms with Crippen molar-refractivity contribution in [3.05, 3.63) is 41.6 Å². The van der Waals surface area contributed by atoms with Crippen molar-refractivity contribution in [1.29, 1.82) is 0 Å². The number of piperidine rings is 1. The van der Waals surface area contributed by atoms with Crippen LogP contribution in [0.4, 0.5) is 17.5 Å². The van der Waals surface area contributed by atoms with Crippen LogP contribution in [0.25, 0.3) is 0 Å². The summed E-state index contributed by atoms with van der Waals surface area (Å²) in [4.78, 5) is 32.5. The monoisotopic (exact) mass is 409 g/mol. The average molecular weight is 409 g/mol. The zero-order valence-corrected chi connectivity index (χ0v) is 16.8. The zero-order chi connectivity index (χ0) is 20.8. The molecule has 0 aliphatic carbocycles. The van der Waals surface area contributed by atoms with E-state index in [0.29, 0.717) is 42.8 Å². The van der Waals surface area contributed by atoms with Gasteiger partial charge in [0.2, 0.25) is 11.9 Å². The van der Waals surface area contributed by atoms with Crippen molar-refractivity contribution in [2.75, 3.05) is 48.7 Å². The topological polar surface area (TPSA) is 120 Å². The summed E-state index contributed by atoms with van der Waals surface area (Å²) in [5, 5.41) is 15.5. The van der Waals surface area contributed by atoms with E-state index in [2.05, 4.69) is 36.6 Å². The fraction of sp³-hybridized carbons (Fsp3) is 0.429. The third-order valence-electron chi connectivity index (χ3n) is 5.37. The van der Waals surface area contributed by atoms with Gasteiger partial charge in [0.15, 0.2) is 0 Å². The molecule has 158 valence electrons. The van der Waals surface area contributed by atoms with Crippen LogP contribution in [-0.4, -0.2) is 54.5 Å². The molecule has 1 saturated heterocycles. The third kappa shape index (κ3) is 5.24. The second kappa shape index (κ2) is 9.53. The van der Waals surface area contributed by atoms with Gasteiger partial charge < -0.3 is 26.6 Å². The maximum atomic E-state index is 12.3. The van der Waals surface area contributed by atoms with Gasteiger partial charge in [-0.25, -0.2) is 4.98 Å². The minimum Gasteiger partial charge on any atom is -0.368 e. The summed E-state index contributed by atoms with van der Waals surface area (Å²) < 4.78 is 0. The predicted molar refractivity (Wildman–Crippen MR) is 116 cm³/mol. The number of nitrogens with zero attached hydrogens (tertiary/aromatic N) is 2. The third-order valence-corrected chi connectivity index (χ3v) is 5.37. The van der Waals surface area contributed by atoms with Crippen molar-refractivity contribution in [2.24, 2.45) is 5.92 Å². The van der Waals surface area contributed by atoms with Crippen molar-refractivity contribution >= 4 is 29.3 Å². The summed E-state index contributed by atoms with van der Waals surface area (Å²) in [6.45, 7) is 4.02. The van der Waals surface area contributed by atoms with Gasteiger partial charge in [-0.2, -0.15) is 4.98 Å². The van der Waals surface area contributed by atoms with Gasteiger partial charge in [-0.3, -0.25) is 9.59 Å². The molecule has 0 spiro atoms. The number of anilines is 3. The first kappa shape index (κ1) is 20.1. The van der Waals surface area contributed by atoms with E-state index in [1.165, 1.54) is 12.8 Å². The molecule has 9 nitrogen and oxygen atoms in total. The molecule has 0 radical (unpaired) electrons. The maximum absolute atomic E-state index is 12.3. The predicted octanol–water partition coefficient (Wildman–Crippen LogP) is 1.22. The maximum Gasteiger partial charge on any atom is 0.251 e. The fourth-order valence-electron chi connectivity index (χ4n) is 3.70. The van der Waals surface area contributed by atoms with Crippen LogP contribution < -0.4 is 26.6 Å². The Hall–Kier alpha value is -3.20. The molecule has 1 fully saturated rings. The van der Waals surface area contributed by atoms with Crippen LogP contribution in [0.5, 0.6) is 0 Å². The fourth-order valence-corrected chi connectivity index (χ4v) is 3.70. The molecule has 0 unspecified atom stereocenters. The molecule has 2 amide bonds. The van der Waals surface area contributed by atoms with Gasteiger partial charge in [0.1, 0.15) is 5.82 Å². The molecule has 30 heavy (non-hydrogen) atoms. The van der Waals surface area contributed by atoms with Crippen molar-refractivity contribution in [1.82, 2.24) is 20.6 Å². The largest absolute Gasteiger partial charge is 0.368 e. The Morgan fingerprint density at radius 1 is 1.13 bits per heavy atom. The van der Waals surface area contributed by atoms with Crippen molar-refractivity contribution in [2.45, 2.75) is 19.3 Å². The molecule has 1 aromatic carbocycles. The summed E-state index contributed by atoms with van der Waals surface area (Å²) in [6, 6.07) is 7.06. The number of aromatic nitrogens is 2. The summed E-state index contributed by atoms with van der Waals surface area (Å²) in [5.41, 5.74) is 2.19. The highest BCUT2D eigenvalue weighted by Crippen LogP contribution is 2.23. The number of nitrogens with one attached hydrogen (secondary N) is 5. The summed E-state index contributed by atoms with van der Waals surface area (Å²) in [5.74, 6) is 1.78. The van der Waals surface area contributed by atoms with Gasteiger partial charge in [0.05, 0.1) is 6.42 Å². The molecule has 2 aromatic rings. The normalized spacial score (nSPS) is 15.9. The lowest BCUT2D eigenvalue weighted by molar-refractivity contribution is -0.115. The van der Waals surface area contributed by atoms with Crippen LogP contribution in [0.15, 0.2) is 30.5 Å². The lowest BCUT2D eigenvalue weighted by Crippen LogP contribution is -2.31. The molecule has 2 aliphatic heterocycles. The standard InChI is InChI=1S/C21H27N7O2/c29-19-12-16-11-15(1-2-17(16)27-19)20(30)24-10-9-23-18-5-8-25-21(28-18)26-13-14-3-6-22-7-4-14/h1-2,5,8,11,14,22H,3-4,6-7,9-10,12-13H2,(H,24,30)(H,27,29)(H2,23,25,26,28). The minimum atomic E-state index is -0.161. The van der Waals surface area contributed by atoms with Crippen LogP contribution in [0.1, 0.15) is 28.8 Å². The van der Waals surface area contributed by atoms with Crippen LogP contribution >= 0.6 is 0 Å². The van der Waals surface area contributed by atoms with Gasteiger partial charge in [0.25, 0.3) is 5.91 Å². The van der Waals surface area contributed by atoms with E-state index in [-0.39, 0.29) is 11.8 Å². The average Bonchev–Trinajstić information content (AvgIpc) is 3.15. The summed E-state index contributed by atoms with van der Waals surface area (Å²) >= 11 is 0. The number of benzene rings is 1. The van der Waals surface area contributed by atoms with E-state index in [1.807, 2.05) is 6.07 Å². The number of carbonyl (C=O) groups is 2. The Labute approximate surface area is 175 Å². The Bertz CT molecular complexity index is 912. The second-order valence-electron chi connectivity index (χ2n) is 7.62. The van der Waals surface area contributed by atoms with Gasteiger partial charge in [0, 0.05) is 37.1 Å². The van der Waals surface area contributed by atoms with Gasteiger partial charge >= 0.3 is 0 Å². The SMILES string of the molecule is O=C1Cc2cc(C(=O)NCCNc3ccnc(NCC4CCNCC4)n3)ccc2N1. The zero-order valence-electron chi connectivity index (χ0n) is 16.8. The van der Waals surface area contributed by atoms with E-state index in [1.54, 1.807) is 24.4 Å². The smallest absolute Gasteiger partial charge is 0.251 e. The molecule has 0 bridgehead atoms. The highest BCUT2D eigenvalue weighted by Gasteiger charge is 2.19. The summed E-state index contributed by atoms with van der Waals surface area (Å²) in [7, 11) is 0. The van der Waals surface area contributed by atoms with Crippen LogP contribution in [0, 0.1) is 5.92 Å². The molecule has 3 heterocycles. The number of carbonyl (C=O) groups excluding carboxylic acids is 2. The van der Waals surface area contributed by atoms with E-state index in [4.69, 9.17) is 0 Å². The van der Waals surface area contributed by atoms with E-state index >= 15 is 0 Å². The molecule has 0 atom stereocenters. The molecule has 2 aliphatic rings. The molecule has 1 aromatic heterocycles. The van der Waals surface area contributed by atoms with Gasteiger partial charge in [-0.05, 0) is 61.7 Å². The number of hydrogen-bond acceptors (Lipinski definition) is 7. The van der Waals surface area contributed by atoms with E-state index < -0.39 is 0 Å². The first-order valence-corrected chi connectivity index (χ1v) is 10.4. The first-order chi connectivity index (χ1) is 14.7. The molecular formula is C21H27N7O2. The first-order valence-electron chi connectivity index (χ1n) is 10.4. The molecular weight excluding hydrogens is 382 g/mol. The minimum absolute atomic E-state index is 0.0405.